The molecule has 0 aliphatic carbocycles. The van der Waals surface area contributed by atoms with Crippen molar-refractivity contribution in [3.63, 3.8) is 0 Å². The quantitative estimate of drug-likeness (QED) is 0.621. The van der Waals surface area contributed by atoms with E-state index in [0.717, 1.165) is 17.9 Å². The third-order valence-corrected chi connectivity index (χ3v) is 3.17. The zero-order valence-corrected chi connectivity index (χ0v) is 8.02. The minimum Gasteiger partial charge on any atom is -0.467 e. The first-order valence-electron chi connectivity index (χ1n) is 4.07. The Morgan fingerprint density at radius 3 is 2.92 bits per heavy atom. The zero-order chi connectivity index (χ0) is 9.03. The van der Waals surface area contributed by atoms with Crippen molar-refractivity contribution in [2.75, 3.05) is 18.6 Å². The van der Waals surface area contributed by atoms with Crippen LogP contribution < -0.4 is 0 Å². The summed E-state index contributed by atoms with van der Waals surface area (Å²) in [5.74, 6) is 1.38. The third-order valence-electron chi connectivity index (χ3n) is 2.10. The normalized spacial score (nSPS) is 30.8. The van der Waals surface area contributed by atoms with Gasteiger partial charge in [-0.2, -0.15) is 11.8 Å². The first-order chi connectivity index (χ1) is 5.69. The van der Waals surface area contributed by atoms with Gasteiger partial charge in [-0.25, -0.2) is 4.79 Å². The van der Waals surface area contributed by atoms with Crippen molar-refractivity contribution in [1.29, 1.82) is 0 Å². The number of carbonyl (C=O) groups is 1. The molecule has 0 aromatic rings. The number of thioether (sulfide) groups is 1. The van der Waals surface area contributed by atoms with Crippen LogP contribution in [0.25, 0.3) is 0 Å². The summed E-state index contributed by atoms with van der Waals surface area (Å²) in [6.45, 7) is 0. The Labute approximate surface area is 76.5 Å². The SMILES string of the molecule is COC(=O)C1(O)CCCSCC1. The van der Waals surface area contributed by atoms with Gasteiger partial charge in [-0.15, -0.1) is 0 Å². The van der Waals surface area contributed by atoms with Gasteiger partial charge >= 0.3 is 5.97 Å². The molecule has 0 bridgehead atoms. The van der Waals surface area contributed by atoms with Crippen molar-refractivity contribution < 1.29 is 14.6 Å². The van der Waals surface area contributed by atoms with Crippen LogP contribution in [-0.2, 0) is 9.53 Å². The lowest BCUT2D eigenvalue weighted by molar-refractivity contribution is -0.163. The average Bonchev–Trinajstić information content (AvgIpc) is 2.29. The molecule has 1 atom stereocenters. The first-order valence-corrected chi connectivity index (χ1v) is 5.23. The molecule has 3 nitrogen and oxygen atoms in total. The van der Waals surface area contributed by atoms with Crippen LogP contribution in [0.3, 0.4) is 0 Å². The smallest absolute Gasteiger partial charge is 0.337 e. The molecule has 1 heterocycles. The van der Waals surface area contributed by atoms with Gasteiger partial charge < -0.3 is 9.84 Å². The van der Waals surface area contributed by atoms with Crippen LogP contribution in [0.1, 0.15) is 19.3 Å². The number of hydrogen-bond acceptors (Lipinski definition) is 4. The van der Waals surface area contributed by atoms with Crippen molar-refractivity contribution in [2.24, 2.45) is 0 Å². The van der Waals surface area contributed by atoms with Gasteiger partial charge in [0.05, 0.1) is 7.11 Å². The molecule has 0 amide bonds. The summed E-state index contributed by atoms with van der Waals surface area (Å²) in [6.07, 6.45) is 1.94. The second-order valence-electron chi connectivity index (χ2n) is 2.99. The maximum atomic E-state index is 11.2. The molecule has 1 saturated heterocycles. The van der Waals surface area contributed by atoms with E-state index in [1.165, 1.54) is 7.11 Å². The van der Waals surface area contributed by atoms with Crippen molar-refractivity contribution in [3.05, 3.63) is 0 Å². The monoisotopic (exact) mass is 190 g/mol. The topological polar surface area (TPSA) is 46.5 Å². The van der Waals surface area contributed by atoms with Crippen LogP contribution in [0, 0.1) is 0 Å². The van der Waals surface area contributed by atoms with Crippen LogP contribution in [0.2, 0.25) is 0 Å². The Kier molecular flexibility index (Phi) is 3.40. The van der Waals surface area contributed by atoms with E-state index >= 15 is 0 Å². The van der Waals surface area contributed by atoms with Crippen molar-refractivity contribution in [3.8, 4) is 0 Å². The molecule has 1 aliphatic rings. The van der Waals surface area contributed by atoms with Gasteiger partial charge in [0.2, 0.25) is 0 Å². The summed E-state index contributed by atoms with van der Waals surface area (Å²) in [5.41, 5.74) is -1.21. The van der Waals surface area contributed by atoms with Crippen molar-refractivity contribution in [2.45, 2.75) is 24.9 Å². The Morgan fingerprint density at radius 1 is 1.50 bits per heavy atom. The minimum atomic E-state index is -1.21. The average molecular weight is 190 g/mol. The molecule has 1 unspecified atom stereocenters. The van der Waals surface area contributed by atoms with E-state index in [-0.39, 0.29) is 0 Å². The molecule has 1 N–H and O–H groups in total. The Balaban J connectivity index is 2.59. The molecule has 0 aromatic heterocycles. The highest BCUT2D eigenvalue weighted by Crippen LogP contribution is 2.26. The zero-order valence-electron chi connectivity index (χ0n) is 7.21. The molecule has 0 saturated carbocycles. The largest absolute Gasteiger partial charge is 0.467 e. The lowest BCUT2D eigenvalue weighted by Gasteiger charge is -2.22. The number of esters is 1. The third kappa shape index (κ3) is 2.14. The number of methoxy groups -OCH3 is 1. The molecule has 70 valence electrons. The molecular formula is C8H14O3S. The van der Waals surface area contributed by atoms with Gasteiger partial charge in [-0.1, -0.05) is 0 Å². The number of carbonyl (C=O) groups excluding carboxylic acids is 1. The Bertz CT molecular complexity index is 162. The van der Waals surface area contributed by atoms with Crippen LogP contribution in [0.5, 0.6) is 0 Å². The fourth-order valence-corrected chi connectivity index (χ4v) is 2.36. The van der Waals surface area contributed by atoms with Crippen molar-refractivity contribution >= 4 is 17.7 Å². The highest BCUT2D eigenvalue weighted by Gasteiger charge is 2.37. The maximum Gasteiger partial charge on any atom is 0.337 e. The molecule has 1 fully saturated rings. The molecule has 12 heavy (non-hydrogen) atoms. The second-order valence-corrected chi connectivity index (χ2v) is 4.21. The van der Waals surface area contributed by atoms with Gasteiger partial charge in [-0.05, 0) is 30.8 Å². The van der Waals surface area contributed by atoms with Crippen molar-refractivity contribution in [1.82, 2.24) is 0 Å². The molecule has 1 aliphatic heterocycles. The molecular weight excluding hydrogens is 176 g/mol. The molecule has 0 radical (unpaired) electrons. The van der Waals surface area contributed by atoms with E-state index < -0.39 is 11.6 Å². The Hall–Kier alpha value is -0.220. The highest BCUT2D eigenvalue weighted by atomic mass is 32.2. The van der Waals surface area contributed by atoms with E-state index in [9.17, 15) is 9.90 Å². The fourth-order valence-electron chi connectivity index (χ4n) is 1.33. The van der Waals surface area contributed by atoms with Gasteiger partial charge in [0.25, 0.3) is 0 Å². The lowest BCUT2D eigenvalue weighted by atomic mass is 9.95. The van der Waals surface area contributed by atoms with E-state index in [1.807, 2.05) is 0 Å². The van der Waals surface area contributed by atoms with E-state index in [0.29, 0.717) is 12.8 Å². The summed E-state index contributed by atoms with van der Waals surface area (Å²) < 4.78 is 4.55. The van der Waals surface area contributed by atoms with Gasteiger partial charge in [0, 0.05) is 0 Å². The highest BCUT2D eigenvalue weighted by molar-refractivity contribution is 7.99. The number of hydrogen-bond donors (Lipinski definition) is 1. The van der Waals surface area contributed by atoms with Gasteiger partial charge in [0.15, 0.2) is 5.60 Å². The van der Waals surface area contributed by atoms with Crippen LogP contribution >= 0.6 is 11.8 Å². The number of ether oxygens (including phenoxy) is 1. The predicted molar refractivity (Wildman–Crippen MR) is 48.1 cm³/mol. The van der Waals surface area contributed by atoms with Gasteiger partial charge in [0.1, 0.15) is 0 Å². The second kappa shape index (κ2) is 4.14. The number of rotatable bonds is 1. The summed E-state index contributed by atoms with van der Waals surface area (Å²) in [4.78, 5) is 11.2. The molecule has 1 rings (SSSR count). The standard InChI is InChI=1S/C8H14O3S/c1-11-7(9)8(10)3-2-5-12-6-4-8/h10H,2-6H2,1H3. The van der Waals surface area contributed by atoms with E-state index in [1.54, 1.807) is 11.8 Å². The fraction of sp³-hybridized carbons (Fsp3) is 0.875. The summed E-state index contributed by atoms with van der Waals surface area (Å²) in [6, 6.07) is 0. The molecule has 0 spiro atoms. The van der Waals surface area contributed by atoms with Crippen LogP contribution in [0.4, 0.5) is 0 Å². The van der Waals surface area contributed by atoms with E-state index in [4.69, 9.17) is 0 Å². The van der Waals surface area contributed by atoms with Gasteiger partial charge in [-0.3, -0.25) is 0 Å². The minimum absolute atomic E-state index is 0.481. The summed E-state index contributed by atoms with van der Waals surface area (Å²) >= 11 is 1.78. The lowest BCUT2D eigenvalue weighted by Crippen LogP contribution is -2.39. The van der Waals surface area contributed by atoms with E-state index in [2.05, 4.69) is 4.74 Å². The summed E-state index contributed by atoms with van der Waals surface area (Å²) in [7, 11) is 1.32. The Morgan fingerprint density at radius 2 is 2.25 bits per heavy atom. The first kappa shape index (κ1) is 9.86. The molecule has 4 heteroatoms. The van der Waals surface area contributed by atoms with Crippen LogP contribution in [0.15, 0.2) is 0 Å². The summed E-state index contributed by atoms with van der Waals surface area (Å²) in [5, 5.41) is 9.83. The predicted octanol–water partition coefficient (Wildman–Crippen LogP) is 0.808. The maximum absolute atomic E-state index is 11.2. The van der Waals surface area contributed by atoms with Crippen LogP contribution in [-0.4, -0.2) is 35.3 Å². The number of aliphatic hydroxyl groups is 1. The molecule has 0 aromatic carbocycles.